The SMILES string of the molecule is CCC(O)c1ccc([N+](=O)[O-])cc1.Cl. The van der Waals surface area contributed by atoms with E-state index in [2.05, 4.69) is 0 Å². The van der Waals surface area contributed by atoms with Crippen LogP contribution in [-0.4, -0.2) is 10.0 Å². The summed E-state index contributed by atoms with van der Waals surface area (Å²) >= 11 is 0. The summed E-state index contributed by atoms with van der Waals surface area (Å²) < 4.78 is 0. The van der Waals surface area contributed by atoms with Gasteiger partial charge in [0.25, 0.3) is 5.69 Å². The smallest absolute Gasteiger partial charge is 0.269 e. The number of hydrogen-bond donors (Lipinski definition) is 1. The maximum atomic E-state index is 10.3. The van der Waals surface area contributed by atoms with Crippen LogP contribution < -0.4 is 0 Å². The van der Waals surface area contributed by atoms with Gasteiger partial charge in [0.1, 0.15) is 0 Å². The molecule has 0 aromatic heterocycles. The van der Waals surface area contributed by atoms with Gasteiger partial charge in [0, 0.05) is 12.1 Å². The summed E-state index contributed by atoms with van der Waals surface area (Å²) in [6.07, 6.45) is 0.0819. The molecule has 1 N–H and O–H groups in total. The van der Waals surface area contributed by atoms with E-state index in [1.54, 1.807) is 12.1 Å². The van der Waals surface area contributed by atoms with Crippen molar-refractivity contribution in [3.05, 3.63) is 39.9 Å². The molecule has 4 nitrogen and oxygen atoms in total. The molecule has 0 heterocycles. The highest BCUT2D eigenvalue weighted by atomic mass is 35.5. The van der Waals surface area contributed by atoms with Crippen LogP contribution in [0, 0.1) is 10.1 Å². The monoisotopic (exact) mass is 217 g/mol. The Kier molecular flexibility index (Phi) is 5.12. The van der Waals surface area contributed by atoms with Crippen molar-refractivity contribution in [3.63, 3.8) is 0 Å². The minimum Gasteiger partial charge on any atom is -0.388 e. The van der Waals surface area contributed by atoms with E-state index in [0.717, 1.165) is 0 Å². The molecule has 1 unspecified atom stereocenters. The van der Waals surface area contributed by atoms with Crippen molar-refractivity contribution in [2.24, 2.45) is 0 Å². The van der Waals surface area contributed by atoms with Crippen molar-refractivity contribution in [1.82, 2.24) is 0 Å². The van der Waals surface area contributed by atoms with Crippen molar-refractivity contribution in [2.75, 3.05) is 0 Å². The topological polar surface area (TPSA) is 63.4 Å². The first-order chi connectivity index (χ1) is 6.15. The van der Waals surface area contributed by atoms with E-state index in [-0.39, 0.29) is 18.1 Å². The third-order valence-electron chi connectivity index (χ3n) is 1.88. The van der Waals surface area contributed by atoms with Crippen molar-refractivity contribution < 1.29 is 10.0 Å². The second kappa shape index (κ2) is 5.57. The lowest BCUT2D eigenvalue weighted by Crippen LogP contribution is -1.95. The summed E-state index contributed by atoms with van der Waals surface area (Å²) in [5.41, 5.74) is 0.764. The number of aliphatic hydroxyl groups is 1. The van der Waals surface area contributed by atoms with Crippen LogP contribution in [0.25, 0.3) is 0 Å². The molecule has 0 radical (unpaired) electrons. The molecule has 0 aliphatic carbocycles. The Hall–Kier alpha value is -1.13. The minimum absolute atomic E-state index is 0. The van der Waals surface area contributed by atoms with Crippen LogP contribution in [0.1, 0.15) is 25.0 Å². The van der Waals surface area contributed by atoms with Crippen LogP contribution in [0.3, 0.4) is 0 Å². The number of aliphatic hydroxyl groups excluding tert-OH is 1. The van der Waals surface area contributed by atoms with Crippen LogP contribution in [0.2, 0.25) is 0 Å². The molecule has 78 valence electrons. The number of non-ortho nitro benzene ring substituents is 1. The first-order valence-corrected chi connectivity index (χ1v) is 4.07. The summed E-state index contributed by atoms with van der Waals surface area (Å²) in [6, 6.07) is 5.95. The third-order valence-corrected chi connectivity index (χ3v) is 1.88. The zero-order chi connectivity index (χ0) is 9.84. The van der Waals surface area contributed by atoms with Gasteiger partial charge in [0.2, 0.25) is 0 Å². The normalized spacial score (nSPS) is 11.6. The fourth-order valence-electron chi connectivity index (χ4n) is 1.05. The molecule has 0 spiro atoms. The maximum Gasteiger partial charge on any atom is 0.269 e. The van der Waals surface area contributed by atoms with Gasteiger partial charge in [-0.2, -0.15) is 0 Å². The Labute approximate surface area is 88.1 Å². The fraction of sp³-hybridized carbons (Fsp3) is 0.333. The van der Waals surface area contributed by atoms with Gasteiger partial charge in [-0.05, 0) is 24.1 Å². The molecule has 5 heteroatoms. The van der Waals surface area contributed by atoms with Gasteiger partial charge in [-0.3, -0.25) is 10.1 Å². The number of nitro benzene ring substituents is 1. The zero-order valence-electron chi connectivity index (χ0n) is 7.71. The third kappa shape index (κ3) is 2.97. The Morgan fingerprint density at radius 1 is 1.43 bits per heavy atom. The molecule has 14 heavy (non-hydrogen) atoms. The highest BCUT2D eigenvalue weighted by Gasteiger charge is 2.07. The highest BCUT2D eigenvalue weighted by Crippen LogP contribution is 2.19. The second-order valence-electron chi connectivity index (χ2n) is 2.77. The molecule has 1 aromatic rings. The zero-order valence-corrected chi connectivity index (χ0v) is 8.53. The van der Waals surface area contributed by atoms with Gasteiger partial charge >= 0.3 is 0 Å². The summed E-state index contributed by atoms with van der Waals surface area (Å²) in [4.78, 5) is 9.84. The van der Waals surface area contributed by atoms with Gasteiger partial charge in [0.05, 0.1) is 11.0 Å². The van der Waals surface area contributed by atoms with E-state index in [9.17, 15) is 15.2 Å². The molecule has 0 fully saturated rings. The number of rotatable bonds is 3. The maximum absolute atomic E-state index is 10.3. The molecule has 0 aliphatic heterocycles. The number of nitrogens with zero attached hydrogens (tertiary/aromatic N) is 1. The van der Waals surface area contributed by atoms with Crippen LogP contribution >= 0.6 is 12.4 Å². The largest absolute Gasteiger partial charge is 0.388 e. The fourth-order valence-corrected chi connectivity index (χ4v) is 1.05. The lowest BCUT2D eigenvalue weighted by Gasteiger charge is -2.06. The first-order valence-electron chi connectivity index (χ1n) is 4.07. The Bertz CT molecular complexity index is 299. The predicted molar refractivity (Wildman–Crippen MR) is 55.6 cm³/mol. The van der Waals surface area contributed by atoms with Gasteiger partial charge < -0.3 is 5.11 Å². The molecule has 0 saturated heterocycles. The van der Waals surface area contributed by atoms with E-state index in [4.69, 9.17) is 0 Å². The van der Waals surface area contributed by atoms with Crippen LogP contribution in [0.5, 0.6) is 0 Å². The molecule has 1 rings (SSSR count). The molecule has 0 saturated carbocycles. The van der Waals surface area contributed by atoms with Gasteiger partial charge in [-0.1, -0.05) is 6.92 Å². The predicted octanol–water partition coefficient (Wildman–Crippen LogP) is 2.46. The van der Waals surface area contributed by atoms with E-state index in [1.807, 2.05) is 6.92 Å². The van der Waals surface area contributed by atoms with Crippen molar-refractivity contribution >= 4 is 18.1 Å². The van der Waals surface area contributed by atoms with Crippen LogP contribution in [0.15, 0.2) is 24.3 Å². The second-order valence-corrected chi connectivity index (χ2v) is 2.77. The molecule has 0 amide bonds. The van der Waals surface area contributed by atoms with E-state index in [0.29, 0.717) is 12.0 Å². The Balaban J connectivity index is 0.00000169. The lowest BCUT2D eigenvalue weighted by atomic mass is 10.1. The first kappa shape index (κ1) is 12.9. The van der Waals surface area contributed by atoms with E-state index >= 15 is 0 Å². The van der Waals surface area contributed by atoms with Gasteiger partial charge in [-0.25, -0.2) is 0 Å². The number of hydrogen-bond acceptors (Lipinski definition) is 3. The van der Waals surface area contributed by atoms with Gasteiger partial charge in [-0.15, -0.1) is 12.4 Å². The van der Waals surface area contributed by atoms with Gasteiger partial charge in [0.15, 0.2) is 0 Å². The van der Waals surface area contributed by atoms with E-state index < -0.39 is 11.0 Å². The van der Waals surface area contributed by atoms with E-state index in [1.165, 1.54) is 12.1 Å². The molecular formula is C9H12ClNO3. The standard InChI is InChI=1S/C9H11NO3.ClH/c1-2-9(11)7-3-5-8(6-4-7)10(12)13;/h3-6,9,11H,2H2,1H3;1H. The van der Waals surface area contributed by atoms with Crippen molar-refractivity contribution in [2.45, 2.75) is 19.4 Å². The molecule has 1 aromatic carbocycles. The number of nitro groups is 1. The minimum atomic E-state index is -0.527. The molecule has 0 aliphatic rings. The summed E-state index contributed by atoms with van der Waals surface area (Å²) in [7, 11) is 0. The van der Waals surface area contributed by atoms with Crippen molar-refractivity contribution in [3.8, 4) is 0 Å². The average molecular weight is 218 g/mol. The number of benzene rings is 1. The van der Waals surface area contributed by atoms with Crippen LogP contribution in [-0.2, 0) is 0 Å². The number of halogens is 1. The molecular weight excluding hydrogens is 206 g/mol. The molecule has 1 atom stereocenters. The average Bonchev–Trinajstić information content (AvgIpc) is 2.17. The highest BCUT2D eigenvalue weighted by molar-refractivity contribution is 5.85. The van der Waals surface area contributed by atoms with Crippen molar-refractivity contribution in [1.29, 1.82) is 0 Å². The quantitative estimate of drug-likeness (QED) is 0.625. The molecule has 0 bridgehead atoms. The summed E-state index contributed by atoms with van der Waals surface area (Å²) in [5, 5.41) is 19.7. The Morgan fingerprint density at radius 3 is 2.29 bits per heavy atom. The summed E-state index contributed by atoms with van der Waals surface area (Å²) in [5.74, 6) is 0. The van der Waals surface area contributed by atoms with Crippen LogP contribution in [0.4, 0.5) is 5.69 Å². The Morgan fingerprint density at radius 2 is 1.93 bits per heavy atom. The summed E-state index contributed by atoms with van der Waals surface area (Å²) in [6.45, 7) is 1.85. The lowest BCUT2D eigenvalue weighted by molar-refractivity contribution is -0.384.